The van der Waals surface area contributed by atoms with Crippen LogP contribution in [0.3, 0.4) is 0 Å². The van der Waals surface area contributed by atoms with E-state index in [-0.39, 0.29) is 5.24 Å². The lowest BCUT2D eigenvalue weighted by Crippen LogP contribution is -2.22. The zero-order valence-electron chi connectivity index (χ0n) is 9.76. The zero-order valence-corrected chi connectivity index (χ0v) is 10.6. The smallest absolute Gasteiger partial charge is 0.282 e. The number of thioether (sulfide) groups is 1. The van der Waals surface area contributed by atoms with Gasteiger partial charge in [-0.25, -0.2) is 0 Å². The zero-order chi connectivity index (χ0) is 12.1. The quantitative estimate of drug-likeness (QED) is 0.821. The van der Waals surface area contributed by atoms with E-state index >= 15 is 0 Å². The fourth-order valence-corrected chi connectivity index (χ4v) is 2.46. The highest BCUT2D eigenvalue weighted by atomic mass is 32.2. The second-order valence-corrected chi connectivity index (χ2v) is 4.78. The average molecular weight is 249 g/mol. The van der Waals surface area contributed by atoms with Gasteiger partial charge in [-0.1, -0.05) is 36.0 Å². The Morgan fingerprint density at radius 1 is 1.41 bits per heavy atom. The summed E-state index contributed by atoms with van der Waals surface area (Å²) in [6, 6.07) is 7.85. The maximum absolute atomic E-state index is 11.3. The molecular formula is C13H15NO2S. The van der Waals surface area contributed by atoms with Crippen molar-refractivity contribution in [2.75, 3.05) is 26.0 Å². The number of hydrogen-bond donors (Lipinski definition) is 0. The van der Waals surface area contributed by atoms with Crippen LogP contribution < -0.4 is 4.74 Å². The number of carbonyl (C=O) groups is 1. The first-order valence-electron chi connectivity index (χ1n) is 5.52. The highest BCUT2D eigenvalue weighted by Crippen LogP contribution is 2.17. The van der Waals surface area contributed by atoms with Crippen LogP contribution in [0.5, 0.6) is 5.75 Å². The SMILES string of the molecule is COc1ccc(/C=C/CN2CCSC2=O)cc1. The van der Waals surface area contributed by atoms with E-state index in [2.05, 4.69) is 0 Å². The van der Waals surface area contributed by atoms with Crippen molar-refractivity contribution in [1.29, 1.82) is 0 Å². The highest BCUT2D eigenvalue weighted by Gasteiger charge is 2.18. The van der Waals surface area contributed by atoms with Crippen LogP contribution in [-0.4, -0.2) is 36.1 Å². The van der Waals surface area contributed by atoms with Crippen molar-refractivity contribution in [3.63, 3.8) is 0 Å². The summed E-state index contributed by atoms with van der Waals surface area (Å²) >= 11 is 1.39. The van der Waals surface area contributed by atoms with Gasteiger partial charge in [0.1, 0.15) is 5.75 Å². The normalized spacial score (nSPS) is 15.8. The number of carbonyl (C=O) groups excluding carboxylic acids is 1. The van der Waals surface area contributed by atoms with Crippen molar-refractivity contribution >= 4 is 23.1 Å². The van der Waals surface area contributed by atoms with Gasteiger partial charge in [-0.15, -0.1) is 0 Å². The minimum Gasteiger partial charge on any atom is -0.497 e. The Kier molecular flexibility index (Phi) is 4.09. The van der Waals surface area contributed by atoms with E-state index in [0.29, 0.717) is 6.54 Å². The van der Waals surface area contributed by atoms with E-state index in [1.54, 1.807) is 7.11 Å². The van der Waals surface area contributed by atoms with E-state index in [4.69, 9.17) is 4.74 Å². The lowest BCUT2D eigenvalue weighted by Gasteiger charge is -2.10. The van der Waals surface area contributed by atoms with Crippen LogP contribution in [0.15, 0.2) is 30.3 Å². The van der Waals surface area contributed by atoms with Crippen molar-refractivity contribution in [3.8, 4) is 5.75 Å². The van der Waals surface area contributed by atoms with Crippen molar-refractivity contribution in [2.45, 2.75) is 0 Å². The van der Waals surface area contributed by atoms with Crippen LogP contribution in [-0.2, 0) is 0 Å². The summed E-state index contributed by atoms with van der Waals surface area (Å²) in [5, 5.41) is 0.185. The second kappa shape index (κ2) is 5.77. The Morgan fingerprint density at radius 2 is 2.18 bits per heavy atom. The first-order chi connectivity index (χ1) is 8.29. The largest absolute Gasteiger partial charge is 0.497 e. The molecule has 1 aromatic carbocycles. The first-order valence-corrected chi connectivity index (χ1v) is 6.50. The Balaban J connectivity index is 1.89. The summed E-state index contributed by atoms with van der Waals surface area (Å²) in [5.41, 5.74) is 1.12. The Hall–Kier alpha value is -1.42. The van der Waals surface area contributed by atoms with Gasteiger partial charge in [0.25, 0.3) is 5.24 Å². The average Bonchev–Trinajstić information content (AvgIpc) is 2.76. The molecule has 0 atom stereocenters. The Morgan fingerprint density at radius 3 is 2.76 bits per heavy atom. The Bertz CT molecular complexity index is 414. The minimum absolute atomic E-state index is 0.185. The molecule has 4 heteroatoms. The molecule has 1 aliphatic heterocycles. The molecule has 0 radical (unpaired) electrons. The van der Waals surface area contributed by atoms with E-state index in [0.717, 1.165) is 23.6 Å². The van der Waals surface area contributed by atoms with Crippen LogP contribution in [0.2, 0.25) is 0 Å². The van der Waals surface area contributed by atoms with Gasteiger partial charge in [0.2, 0.25) is 0 Å². The van der Waals surface area contributed by atoms with Crippen LogP contribution in [0.1, 0.15) is 5.56 Å². The first kappa shape index (κ1) is 12.0. The molecule has 1 saturated heterocycles. The van der Waals surface area contributed by atoms with Crippen LogP contribution in [0, 0.1) is 0 Å². The molecule has 0 spiro atoms. The minimum atomic E-state index is 0.185. The molecule has 1 amide bonds. The van der Waals surface area contributed by atoms with Gasteiger partial charge >= 0.3 is 0 Å². The van der Waals surface area contributed by atoms with Gasteiger partial charge in [-0.3, -0.25) is 4.79 Å². The molecule has 90 valence electrons. The van der Waals surface area contributed by atoms with Crippen LogP contribution in [0.25, 0.3) is 6.08 Å². The van der Waals surface area contributed by atoms with E-state index in [9.17, 15) is 4.79 Å². The van der Waals surface area contributed by atoms with Crippen molar-refractivity contribution < 1.29 is 9.53 Å². The molecule has 1 aromatic rings. The molecule has 0 aromatic heterocycles. The molecular weight excluding hydrogens is 234 g/mol. The third-order valence-electron chi connectivity index (χ3n) is 2.60. The summed E-state index contributed by atoms with van der Waals surface area (Å²) in [4.78, 5) is 13.2. The molecule has 1 fully saturated rings. The maximum Gasteiger partial charge on any atom is 0.282 e. The predicted octanol–water partition coefficient (Wildman–Crippen LogP) is 2.88. The summed E-state index contributed by atoms with van der Waals surface area (Å²) in [6.45, 7) is 1.55. The van der Waals surface area contributed by atoms with Crippen molar-refractivity contribution in [1.82, 2.24) is 4.90 Å². The van der Waals surface area contributed by atoms with Gasteiger partial charge in [0.05, 0.1) is 7.11 Å². The van der Waals surface area contributed by atoms with E-state index in [1.165, 1.54) is 11.8 Å². The van der Waals surface area contributed by atoms with Crippen molar-refractivity contribution in [3.05, 3.63) is 35.9 Å². The van der Waals surface area contributed by atoms with Gasteiger partial charge in [-0.2, -0.15) is 0 Å². The maximum atomic E-state index is 11.3. The molecule has 0 saturated carbocycles. The monoisotopic (exact) mass is 249 g/mol. The topological polar surface area (TPSA) is 29.5 Å². The number of nitrogens with zero attached hydrogens (tertiary/aromatic N) is 1. The van der Waals surface area contributed by atoms with Gasteiger partial charge in [-0.05, 0) is 17.7 Å². The van der Waals surface area contributed by atoms with Gasteiger partial charge in [0, 0.05) is 18.8 Å². The third kappa shape index (κ3) is 3.27. The standard InChI is InChI=1S/C13H15NO2S/c1-16-12-6-4-11(5-7-12)3-2-8-14-9-10-17-13(14)15/h2-7H,8-10H2,1H3/b3-2+. The number of amides is 1. The molecule has 17 heavy (non-hydrogen) atoms. The van der Waals surface area contributed by atoms with Crippen molar-refractivity contribution in [2.24, 2.45) is 0 Å². The molecule has 0 N–H and O–H groups in total. The number of benzene rings is 1. The summed E-state index contributed by atoms with van der Waals surface area (Å²) < 4.78 is 5.09. The lowest BCUT2D eigenvalue weighted by atomic mass is 10.2. The highest BCUT2D eigenvalue weighted by molar-refractivity contribution is 8.13. The molecule has 1 aliphatic rings. The molecule has 0 bridgehead atoms. The number of hydrogen-bond acceptors (Lipinski definition) is 3. The fourth-order valence-electron chi connectivity index (χ4n) is 1.62. The summed E-state index contributed by atoms with van der Waals surface area (Å²) in [5.74, 6) is 1.77. The molecule has 0 aliphatic carbocycles. The number of rotatable bonds is 4. The van der Waals surface area contributed by atoms with Gasteiger partial charge < -0.3 is 9.64 Å². The molecule has 0 unspecified atom stereocenters. The predicted molar refractivity (Wildman–Crippen MR) is 71.5 cm³/mol. The fraction of sp³-hybridized carbons (Fsp3) is 0.308. The summed E-state index contributed by atoms with van der Waals surface area (Å²) in [7, 11) is 1.65. The Labute approximate surface area is 105 Å². The second-order valence-electron chi connectivity index (χ2n) is 3.74. The van der Waals surface area contributed by atoms with Gasteiger partial charge in [0.15, 0.2) is 0 Å². The van der Waals surface area contributed by atoms with E-state index < -0.39 is 0 Å². The molecule has 1 heterocycles. The molecule has 2 rings (SSSR count). The van der Waals surface area contributed by atoms with Crippen LogP contribution in [0.4, 0.5) is 4.79 Å². The third-order valence-corrected chi connectivity index (χ3v) is 3.49. The lowest BCUT2D eigenvalue weighted by molar-refractivity contribution is 0.234. The number of ether oxygens (including phenoxy) is 1. The summed E-state index contributed by atoms with van der Waals surface area (Å²) in [6.07, 6.45) is 4.04. The molecule has 3 nitrogen and oxygen atoms in total. The number of methoxy groups -OCH3 is 1. The van der Waals surface area contributed by atoms with E-state index in [1.807, 2.05) is 41.3 Å². The van der Waals surface area contributed by atoms with Crippen LogP contribution >= 0.6 is 11.8 Å².